The van der Waals surface area contributed by atoms with E-state index < -0.39 is 0 Å². The zero-order valence-electron chi connectivity index (χ0n) is 11.9. The van der Waals surface area contributed by atoms with Crippen LogP contribution in [-0.4, -0.2) is 12.5 Å². The molecule has 0 heterocycles. The molecule has 2 aromatic rings. The molecule has 110 valence electrons. The van der Waals surface area contributed by atoms with E-state index in [1.807, 2.05) is 31.2 Å². The molecule has 0 N–H and O–H groups in total. The number of amides is 1. The molecule has 0 aliphatic rings. The quantitative estimate of drug-likeness (QED) is 0.798. The predicted octanol–water partition coefficient (Wildman–Crippen LogP) is 4.46. The largest absolute Gasteiger partial charge is 0.313 e. The molecule has 2 aromatic carbocycles. The Balaban J connectivity index is 2.04. The molecule has 0 atom stereocenters. The first kappa shape index (κ1) is 15.5. The molecule has 2 rings (SSSR count). The second-order valence-corrected chi connectivity index (χ2v) is 5.11. The van der Waals surface area contributed by atoms with Crippen LogP contribution >= 0.6 is 11.6 Å². The lowest BCUT2D eigenvalue weighted by atomic mass is 10.1. The monoisotopic (exact) mass is 305 g/mol. The number of anilines is 1. The van der Waals surface area contributed by atoms with E-state index in [-0.39, 0.29) is 11.7 Å². The lowest BCUT2D eigenvalue weighted by Crippen LogP contribution is -2.30. The van der Waals surface area contributed by atoms with Crippen LogP contribution in [0.2, 0.25) is 5.02 Å². The van der Waals surface area contributed by atoms with Gasteiger partial charge in [-0.3, -0.25) is 4.79 Å². The first-order valence-electron chi connectivity index (χ1n) is 6.91. The number of carbonyl (C=O) groups excluding carboxylic acids is 1. The van der Waals surface area contributed by atoms with Gasteiger partial charge >= 0.3 is 0 Å². The standard InChI is InChI=1S/C17H17ClFNO/c1-2-20(15-10-8-14(19)9-11-15)17(21)12-7-13-5-3-4-6-16(13)18/h3-6,8-11H,2,7,12H2,1H3. The molecule has 0 aliphatic heterocycles. The molecule has 0 aliphatic carbocycles. The Bertz CT molecular complexity index is 612. The topological polar surface area (TPSA) is 20.3 Å². The first-order valence-corrected chi connectivity index (χ1v) is 7.29. The van der Waals surface area contributed by atoms with E-state index in [2.05, 4.69) is 0 Å². The minimum Gasteiger partial charge on any atom is -0.313 e. The van der Waals surface area contributed by atoms with E-state index in [4.69, 9.17) is 11.6 Å². The summed E-state index contributed by atoms with van der Waals surface area (Å²) in [7, 11) is 0. The Labute approximate surface area is 129 Å². The van der Waals surface area contributed by atoms with Gasteiger partial charge in [-0.1, -0.05) is 29.8 Å². The molecule has 4 heteroatoms. The predicted molar refractivity (Wildman–Crippen MR) is 84.2 cm³/mol. The normalized spacial score (nSPS) is 10.4. The van der Waals surface area contributed by atoms with Gasteiger partial charge in [0, 0.05) is 23.7 Å². The molecule has 0 aromatic heterocycles. The van der Waals surface area contributed by atoms with Gasteiger partial charge in [-0.05, 0) is 49.2 Å². The molecule has 0 bridgehead atoms. The second kappa shape index (κ2) is 7.23. The van der Waals surface area contributed by atoms with Crippen LogP contribution in [0.25, 0.3) is 0 Å². The SMILES string of the molecule is CCN(C(=O)CCc1ccccc1Cl)c1ccc(F)cc1. The Hall–Kier alpha value is -1.87. The molecule has 0 saturated heterocycles. The Morgan fingerprint density at radius 2 is 1.81 bits per heavy atom. The minimum absolute atomic E-state index is 0.00373. The number of carbonyl (C=O) groups is 1. The molecule has 0 saturated carbocycles. The summed E-state index contributed by atoms with van der Waals surface area (Å²) in [5, 5.41) is 0.676. The third-order valence-corrected chi connectivity index (χ3v) is 3.69. The maximum Gasteiger partial charge on any atom is 0.227 e. The molecular formula is C17H17ClFNO. The van der Waals surface area contributed by atoms with Crippen LogP contribution in [0.1, 0.15) is 18.9 Å². The van der Waals surface area contributed by atoms with Crippen LogP contribution in [0.4, 0.5) is 10.1 Å². The van der Waals surface area contributed by atoms with Crippen LogP contribution in [-0.2, 0) is 11.2 Å². The maximum absolute atomic E-state index is 13.0. The van der Waals surface area contributed by atoms with E-state index in [1.165, 1.54) is 12.1 Å². The summed E-state index contributed by atoms with van der Waals surface area (Å²) in [6, 6.07) is 13.5. The molecule has 0 fully saturated rings. The van der Waals surface area contributed by atoms with Gasteiger partial charge < -0.3 is 4.90 Å². The molecule has 2 nitrogen and oxygen atoms in total. The van der Waals surface area contributed by atoms with Crippen molar-refractivity contribution in [1.82, 2.24) is 0 Å². The lowest BCUT2D eigenvalue weighted by Gasteiger charge is -2.21. The maximum atomic E-state index is 13.0. The van der Waals surface area contributed by atoms with Crippen molar-refractivity contribution >= 4 is 23.2 Å². The van der Waals surface area contributed by atoms with Crippen LogP contribution in [0.5, 0.6) is 0 Å². The molecule has 1 amide bonds. The Morgan fingerprint density at radius 1 is 1.14 bits per heavy atom. The molecular weight excluding hydrogens is 289 g/mol. The van der Waals surface area contributed by atoms with Gasteiger partial charge in [0.2, 0.25) is 5.91 Å². The van der Waals surface area contributed by atoms with Crippen LogP contribution < -0.4 is 4.90 Å². The van der Waals surface area contributed by atoms with Gasteiger partial charge in [-0.2, -0.15) is 0 Å². The summed E-state index contributed by atoms with van der Waals surface area (Å²) < 4.78 is 13.0. The third kappa shape index (κ3) is 4.05. The van der Waals surface area contributed by atoms with Crippen molar-refractivity contribution in [3.8, 4) is 0 Å². The van der Waals surface area contributed by atoms with Crippen molar-refractivity contribution < 1.29 is 9.18 Å². The summed E-state index contributed by atoms with van der Waals surface area (Å²) in [6.45, 7) is 2.45. The highest BCUT2D eigenvalue weighted by molar-refractivity contribution is 6.31. The number of hydrogen-bond acceptors (Lipinski definition) is 1. The van der Waals surface area contributed by atoms with E-state index in [1.54, 1.807) is 17.0 Å². The fourth-order valence-electron chi connectivity index (χ4n) is 2.20. The second-order valence-electron chi connectivity index (χ2n) is 4.71. The van der Waals surface area contributed by atoms with Gasteiger partial charge in [0.05, 0.1) is 0 Å². The van der Waals surface area contributed by atoms with Crippen LogP contribution in [0.15, 0.2) is 48.5 Å². The molecule has 0 unspecified atom stereocenters. The van der Waals surface area contributed by atoms with Crippen molar-refractivity contribution in [3.63, 3.8) is 0 Å². The van der Waals surface area contributed by atoms with Gasteiger partial charge in [0.1, 0.15) is 5.82 Å². The van der Waals surface area contributed by atoms with Crippen molar-refractivity contribution in [2.75, 3.05) is 11.4 Å². The number of halogens is 2. The van der Waals surface area contributed by atoms with Crippen LogP contribution in [0, 0.1) is 5.82 Å². The van der Waals surface area contributed by atoms with Gasteiger partial charge in [-0.15, -0.1) is 0 Å². The van der Waals surface area contributed by atoms with Gasteiger partial charge in [0.15, 0.2) is 0 Å². The lowest BCUT2D eigenvalue weighted by molar-refractivity contribution is -0.118. The molecule has 0 spiro atoms. The Morgan fingerprint density at radius 3 is 2.43 bits per heavy atom. The number of rotatable bonds is 5. The van der Waals surface area contributed by atoms with Crippen molar-refractivity contribution in [1.29, 1.82) is 0 Å². The molecule has 0 radical (unpaired) electrons. The van der Waals surface area contributed by atoms with E-state index in [0.717, 1.165) is 5.56 Å². The summed E-state index contributed by atoms with van der Waals surface area (Å²) in [4.78, 5) is 14.0. The summed E-state index contributed by atoms with van der Waals surface area (Å²) in [5.74, 6) is -0.303. The van der Waals surface area contributed by atoms with E-state index >= 15 is 0 Å². The van der Waals surface area contributed by atoms with E-state index in [0.29, 0.717) is 30.1 Å². The average Bonchev–Trinajstić information content (AvgIpc) is 2.49. The fraction of sp³-hybridized carbons (Fsp3) is 0.235. The highest BCUT2D eigenvalue weighted by atomic mass is 35.5. The van der Waals surface area contributed by atoms with Gasteiger partial charge in [0.25, 0.3) is 0 Å². The van der Waals surface area contributed by atoms with Crippen LogP contribution in [0.3, 0.4) is 0 Å². The highest BCUT2D eigenvalue weighted by Gasteiger charge is 2.14. The van der Waals surface area contributed by atoms with E-state index in [9.17, 15) is 9.18 Å². The zero-order chi connectivity index (χ0) is 15.2. The molecule has 21 heavy (non-hydrogen) atoms. The highest BCUT2D eigenvalue weighted by Crippen LogP contribution is 2.19. The number of hydrogen-bond donors (Lipinski definition) is 0. The minimum atomic E-state index is -0.307. The summed E-state index contributed by atoms with van der Waals surface area (Å²) >= 11 is 6.09. The summed E-state index contributed by atoms with van der Waals surface area (Å²) in [5.41, 5.74) is 1.67. The van der Waals surface area contributed by atoms with Crippen molar-refractivity contribution in [2.45, 2.75) is 19.8 Å². The number of aryl methyl sites for hydroxylation is 1. The third-order valence-electron chi connectivity index (χ3n) is 3.32. The summed E-state index contributed by atoms with van der Waals surface area (Å²) in [6.07, 6.45) is 0.963. The van der Waals surface area contributed by atoms with Gasteiger partial charge in [-0.25, -0.2) is 4.39 Å². The fourth-order valence-corrected chi connectivity index (χ4v) is 2.43. The number of benzene rings is 2. The average molecular weight is 306 g/mol. The zero-order valence-corrected chi connectivity index (χ0v) is 12.6. The van der Waals surface area contributed by atoms with Crippen molar-refractivity contribution in [3.05, 3.63) is 64.9 Å². The Kier molecular flexibility index (Phi) is 5.34. The first-order chi connectivity index (χ1) is 10.1. The van der Waals surface area contributed by atoms with Crippen molar-refractivity contribution in [2.24, 2.45) is 0 Å². The number of nitrogens with zero attached hydrogens (tertiary/aromatic N) is 1. The smallest absolute Gasteiger partial charge is 0.227 e.